The highest BCUT2D eigenvalue weighted by molar-refractivity contribution is 5.89. The number of carbonyl (C=O) groups excluding carboxylic acids is 1. The highest BCUT2D eigenvalue weighted by Crippen LogP contribution is 2.44. The zero-order valence-electron chi connectivity index (χ0n) is 9.04. The van der Waals surface area contributed by atoms with E-state index in [1.807, 2.05) is 31.3 Å². The van der Waals surface area contributed by atoms with E-state index >= 15 is 0 Å². The third-order valence-electron chi connectivity index (χ3n) is 3.09. The Hall–Kier alpha value is -1.35. The third-order valence-corrected chi connectivity index (χ3v) is 3.09. The van der Waals surface area contributed by atoms with Crippen molar-refractivity contribution in [3.05, 3.63) is 35.4 Å². The first-order chi connectivity index (χ1) is 7.22. The van der Waals surface area contributed by atoms with E-state index in [-0.39, 0.29) is 11.5 Å². The summed E-state index contributed by atoms with van der Waals surface area (Å²) in [6, 6.07) is 7.63. The molecule has 0 atom stereocenters. The summed E-state index contributed by atoms with van der Waals surface area (Å²) >= 11 is 0. The van der Waals surface area contributed by atoms with E-state index in [1.165, 1.54) is 25.5 Å². The van der Waals surface area contributed by atoms with Gasteiger partial charge in [0.1, 0.15) is 0 Å². The molecule has 15 heavy (non-hydrogen) atoms. The maximum atomic E-state index is 11.2. The molecular weight excluding hydrogens is 190 g/mol. The number of benzene rings is 1. The van der Waals surface area contributed by atoms with Crippen molar-refractivity contribution in [3.63, 3.8) is 0 Å². The summed E-state index contributed by atoms with van der Waals surface area (Å²) in [6.07, 6.45) is 2.34. The van der Waals surface area contributed by atoms with Crippen molar-refractivity contribution in [2.24, 2.45) is 0 Å². The Kier molecular flexibility index (Phi) is 2.49. The van der Waals surface area contributed by atoms with Gasteiger partial charge in [0.25, 0.3) is 0 Å². The number of rotatable bonds is 3. The topological polar surface area (TPSA) is 38.3 Å². The molecule has 80 valence electrons. The van der Waals surface area contributed by atoms with Crippen molar-refractivity contribution in [2.45, 2.75) is 18.4 Å². The lowest BCUT2D eigenvalue weighted by Gasteiger charge is -2.14. The summed E-state index contributed by atoms with van der Waals surface area (Å²) in [5.74, 6) is -0.282. The largest absolute Gasteiger partial charge is 0.465 e. The van der Waals surface area contributed by atoms with Gasteiger partial charge >= 0.3 is 5.97 Å². The first-order valence-corrected chi connectivity index (χ1v) is 5.09. The second kappa shape index (κ2) is 3.66. The Balaban J connectivity index is 2.21. The molecule has 0 radical (unpaired) electrons. The molecule has 0 aromatic heterocycles. The van der Waals surface area contributed by atoms with E-state index in [4.69, 9.17) is 0 Å². The maximum absolute atomic E-state index is 11.2. The zero-order chi connectivity index (χ0) is 10.9. The van der Waals surface area contributed by atoms with E-state index in [2.05, 4.69) is 10.1 Å². The van der Waals surface area contributed by atoms with Crippen LogP contribution in [0, 0.1) is 0 Å². The van der Waals surface area contributed by atoms with Crippen LogP contribution < -0.4 is 5.32 Å². The van der Waals surface area contributed by atoms with Crippen LogP contribution in [0.3, 0.4) is 0 Å². The van der Waals surface area contributed by atoms with E-state index in [0.29, 0.717) is 5.56 Å². The standard InChI is InChI=1S/C12H15NO2/c1-13-12(7-8-12)10-5-3-9(4-6-10)11(14)15-2/h3-6,13H,7-8H2,1-2H3. The van der Waals surface area contributed by atoms with Crippen molar-refractivity contribution in [1.82, 2.24) is 5.32 Å². The van der Waals surface area contributed by atoms with Gasteiger partial charge in [0.05, 0.1) is 12.7 Å². The van der Waals surface area contributed by atoms with Crippen molar-refractivity contribution in [3.8, 4) is 0 Å². The zero-order valence-corrected chi connectivity index (χ0v) is 9.04. The van der Waals surface area contributed by atoms with Crippen molar-refractivity contribution < 1.29 is 9.53 Å². The Labute approximate surface area is 89.4 Å². The fraction of sp³-hybridized carbons (Fsp3) is 0.417. The van der Waals surface area contributed by atoms with E-state index in [0.717, 1.165) is 0 Å². The predicted molar refractivity (Wildman–Crippen MR) is 57.8 cm³/mol. The fourth-order valence-electron chi connectivity index (χ4n) is 1.85. The van der Waals surface area contributed by atoms with E-state index in [1.54, 1.807) is 0 Å². The molecule has 0 heterocycles. The molecule has 1 aromatic carbocycles. The van der Waals surface area contributed by atoms with Gasteiger partial charge in [-0.3, -0.25) is 0 Å². The van der Waals surface area contributed by atoms with Crippen molar-refractivity contribution in [2.75, 3.05) is 14.2 Å². The van der Waals surface area contributed by atoms with Crippen LogP contribution in [0.5, 0.6) is 0 Å². The number of carbonyl (C=O) groups is 1. The van der Waals surface area contributed by atoms with Gasteiger partial charge in [0.2, 0.25) is 0 Å². The second-order valence-corrected chi connectivity index (χ2v) is 3.90. The van der Waals surface area contributed by atoms with Crippen LogP contribution in [0.4, 0.5) is 0 Å². The highest BCUT2D eigenvalue weighted by atomic mass is 16.5. The average molecular weight is 205 g/mol. The van der Waals surface area contributed by atoms with Gasteiger partial charge in [0, 0.05) is 5.54 Å². The molecule has 3 nitrogen and oxygen atoms in total. The van der Waals surface area contributed by atoms with Crippen LogP contribution >= 0.6 is 0 Å². The van der Waals surface area contributed by atoms with Gasteiger partial charge in [-0.15, -0.1) is 0 Å². The summed E-state index contributed by atoms with van der Waals surface area (Å²) < 4.78 is 4.65. The quantitative estimate of drug-likeness (QED) is 0.763. The number of ether oxygens (including phenoxy) is 1. The average Bonchev–Trinajstić information content (AvgIpc) is 3.09. The normalized spacial score (nSPS) is 17.2. The minimum atomic E-state index is -0.282. The minimum Gasteiger partial charge on any atom is -0.465 e. The molecule has 1 saturated carbocycles. The van der Waals surface area contributed by atoms with Gasteiger partial charge in [-0.1, -0.05) is 12.1 Å². The number of nitrogens with one attached hydrogen (secondary N) is 1. The highest BCUT2D eigenvalue weighted by Gasteiger charge is 2.42. The van der Waals surface area contributed by atoms with E-state index < -0.39 is 0 Å². The smallest absolute Gasteiger partial charge is 0.337 e. The molecule has 0 bridgehead atoms. The lowest BCUT2D eigenvalue weighted by Crippen LogP contribution is -2.24. The number of esters is 1. The molecule has 1 fully saturated rings. The summed E-state index contributed by atoms with van der Waals surface area (Å²) in [7, 11) is 3.37. The van der Waals surface area contributed by atoms with Crippen molar-refractivity contribution >= 4 is 5.97 Å². The lowest BCUT2D eigenvalue weighted by molar-refractivity contribution is 0.0600. The molecule has 1 N–H and O–H groups in total. The minimum absolute atomic E-state index is 0.161. The molecule has 1 aromatic rings. The van der Waals surface area contributed by atoms with Crippen LogP contribution in [-0.2, 0) is 10.3 Å². The summed E-state index contributed by atoms with van der Waals surface area (Å²) in [5, 5.41) is 3.32. The van der Waals surface area contributed by atoms with Crippen molar-refractivity contribution in [1.29, 1.82) is 0 Å². The van der Waals surface area contributed by atoms with Gasteiger partial charge in [-0.05, 0) is 37.6 Å². The van der Waals surface area contributed by atoms with Gasteiger partial charge in [-0.25, -0.2) is 4.79 Å². The molecule has 1 aliphatic rings. The number of methoxy groups -OCH3 is 1. The molecule has 1 aliphatic carbocycles. The number of hydrogen-bond donors (Lipinski definition) is 1. The molecule has 2 rings (SSSR count). The molecular formula is C12H15NO2. The lowest BCUT2D eigenvalue weighted by atomic mass is 10.0. The SMILES string of the molecule is CNC1(c2ccc(C(=O)OC)cc2)CC1. The monoisotopic (exact) mass is 205 g/mol. The Bertz CT molecular complexity index is 366. The van der Waals surface area contributed by atoms with Crippen LogP contribution in [0.1, 0.15) is 28.8 Å². The summed E-state index contributed by atoms with van der Waals surface area (Å²) in [5.41, 5.74) is 2.01. The van der Waals surface area contributed by atoms with Gasteiger partial charge < -0.3 is 10.1 Å². The Morgan fingerprint density at radius 3 is 2.33 bits per heavy atom. The summed E-state index contributed by atoms with van der Waals surface area (Å²) in [4.78, 5) is 11.2. The third kappa shape index (κ3) is 1.75. The van der Waals surface area contributed by atoms with Crippen LogP contribution in [0.2, 0.25) is 0 Å². The maximum Gasteiger partial charge on any atom is 0.337 e. The van der Waals surface area contributed by atoms with E-state index in [9.17, 15) is 4.79 Å². The van der Waals surface area contributed by atoms with Gasteiger partial charge in [-0.2, -0.15) is 0 Å². The van der Waals surface area contributed by atoms with Crippen LogP contribution in [0.15, 0.2) is 24.3 Å². The molecule has 0 saturated heterocycles. The fourth-order valence-corrected chi connectivity index (χ4v) is 1.85. The number of hydrogen-bond acceptors (Lipinski definition) is 3. The Morgan fingerprint density at radius 2 is 1.93 bits per heavy atom. The van der Waals surface area contributed by atoms with Crippen LogP contribution in [-0.4, -0.2) is 20.1 Å². The molecule has 3 heteroatoms. The molecule has 0 aliphatic heterocycles. The van der Waals surface area contributed by atoms with Gasteiger partial charge in [0.15, 0.2) is 0 Å². The molecule has 0 amide bonds. The molecule has 0 unspecified atom stereocenters. The molecule has 0 spiro atoms. The first-order valence-electron chi connectivity index (χ1n) is 5.09. The second-order valence-electron chi connectivity index (χ2n) is 3.90. The van der Waals surface area contributed by atoms with Crippen LogP contribution in [0.25, 0.3) is 0 Å². The Morgan fingerprint density at radius 1 is 1.33 bits per heavy atom. The first kappa shape index (κ1) is 10.2. The predicted octanol–water partition coefficient (Wildman–Crippen LogP) is 1.68. The summed E-state index contributed by atoms with van der Waals surface area (Å²) in [6.45, 7) is 0.